The number of nitrogens with zero attached hydrogens (tertiary/aromatic N) is 2. The average molecular weight is 471 g/mol. The van der Waals surface area contributed by atoms with Gasteiger partial charge in [0.05, 0.1) is 24.5 Å². The number of amides is 1. The maximum absolute atomic E-state index is 11.4. The topological polar surface area (TPSA) is 193 Å². The summed E-state index contributed by atoms with van der Waals surface area (Å²) in [4.78, 5) is 57.7. The van der Waals surface area contributed by atoms with E-state index in [1.165, 1.54) is 12.1 Å². The van der Waals surface area contributed by atoms with Gasteiger partial charge in [-0.15, -0.1) is 11.6 Å². The quantitative estimate of drug-likeness (QED) is 0.235. The number of halogens is 1. The molecule has 1 amide bonds. The predicted molar refractivity (Wildman–Crippen MR) is 104 cm³/mol. The summed E-state index contributed by atoms with van der Waals surface area (Å²) >= 11 is 5.42. The molecular formula is C19H21ClN3O9-3. The summed E-state index contributed by atoms with van der Waals surface area (Å²) in [5, 5.41) is 44.8. The molecule has 0 saturated carbocycles. The zero-order valence-electron chi connectivity index (χ0n) is 16.8. The van der Waals surface area contributed by atoms with Gasteiger partial charge in [-0.25, -0.2) is 0 Å². The van der Waals surface area contributed by atoms with Gasteiger partial charge in [0.2, 0.25) is 5.91 Å². The molecule has 12 nitrogen and oxygen atoms in total. The second-order valence-electron chi connectivity index (χ2n) is 6.82. The van der Waals surface area contributed by atoms with Crippen LogP contribution in [0.3, 0.4) is 0 Å². The minimum Gasteiger partial charge on any atom is -0.549 e. The highest BCUT2D eigenvalue weighted by atomic mass is 35.5. The SMILES string of the molecule is O=C([O-])CN(CC(=O)O)CC(Cc1ccc(NC(=O)CCl)cc1)N(CC(=O)[O-])CC(=O)[O-]. The van der Waals surface area contributed by atoms with Gasteiger partial charge < -0.3 is 40.1 Å². The van der Waals surface area contributed by atoms with E-state index in [0.717, 1.165) is 9.80 Å². The Kier molecular flexibility index (Phi) is 11.1. The van der Waals surface area contributed by atoms with Crippen molar-refractivity contribution in [3.8, 4) is 0 Å². The molecule has 32 heavy (non-hydrogen) atoms. The lowest BCUT2D eigenvalue weighted by atomic mass is 10.0. The Morgan fingerprint density at radius 2 is 1.44 bits per heavy atom. The highest BCUT2D eigenvalue weighted by Crippen LogP contribution is 2.15. The van der Waals surface area contributed by atoms with E-state index in [9.17, 15) is 39.3 Å². The Hall–Kier alpha value is -3.22. The molecule has 0 aliphatic rings. The van der Waals surface area contributed by atoms with Gasteiger partial charge in [-0.05, 0) is 24.1 Å². The first-order valence-electron chi connectivity index (χ1n) is 9.22. The monoisotopic (exact) mass is 470 g/mol. The van der Waals surface area contributed by atoms with Crippen LogP contribution in [0.2, 0.25) is 0 Å². The minimum absolute atomic E-state index is 0.0213. The number of carboxylic acids is 4. The Morgan fingerprint density at radius 1 is 0.906 bits per heavy atom. The molecule has 1 unspecified atom stereocenters. The van der Waals surface area contributed by atoms with E-state index < -0.39 is 62.0 Å². The summed E-state index contributed by atoms with van der Waals surface area (Å²) in [5.74, 6) is -6.74. The van der Waals surface area contributed by atoms with Crippen LogP contribution in [-0.2, 0) is 30.4 Å². The maximum atomic E-state index is 11.4. The molecule has 2 N–H and O–H groups in total. The molecule has 0 spiro atoms. The number of carbonyl (C=O) groups excluding carboxylic acids is 4. The molecule has 176 valence electrons. The molecule has 0 aromatic heterocycles. The highest BCUT2D eigenvalue weighted by molar-refractivity contribution is 6.29. The van der Waals surface area contributed by atoms with Gasteiger partial charge in [0.1, 0.15) is 5.88 Å². The molecule has 1 aromatic carbocycles. The number of nitrogens with one attached hydrogen (secondary N) is 1. The fourth-order valence-electron chi connectivity index (χ4n) is 3.00. The van der Waals surface area contributed by atoms with Gasteiger partial charge in [0.25, 0.3) is 0 Å². The van der Waals surface area contributed by atoms with Crippen molar-refractivity contribution in [2.45, 2.75) is 12.5 Å². The fourth-order valence-corrected chi connectivity index (χ4v) is 3.07. The van der Waals surface area contributed by atoms with Crippen LogP contribution in [0.25, 0.3) is 0 Å². The van der Waals surface area contributed by atoms with Crippen molar-refractivity contribution in [3.05, 3.63) is 29.8 Å². The summed E-state index contributed by atoms with van der Waals surface area (Å²) in [5.41, 5.74) is 1.01. The van der Waals surface area contributed by atoms with E-state index in [2.05, 4.69) is 5.32 Å². The number of carbonyl (C=O) groups is 5. The number of alkyl halides is 1. The molecule has 1 atom stereocenters. The Morgan fingerprint density at radius 3 is 1.88 bits per heavy atom. The van der Waals surface area contributed by atoms with Crippen LogP contribution >= 0.6 is 11.6 Å². The van der Waals surface area contributed by atoms with Gasteiger partial charge in [-0.1, -0.05) is 12.1 Å². The molecule has 0 aliphatic carbocycles. The van der Waals surface area contributed by atoms with Crippen LogP contribution in [0.5, 0.6) is 0 Å². The molecule has 1 aromatic rings. The van der Waals surface area contributed by atoms with Gasteiger partial charge in [-0.3, -0.25) is 19.4 Å². The molecule has 0 fully saturated rings. The van der Waals surface area contributed by atoms with Crippen LogP contribution in [0.1, 0.15) is 5.56 Å². The van der Waals surface area contributed by atoms with Crippen molar-refractivity contribution >= 4 is 47.1 Å². The first kappa shape index (κ1) is 26.8. The molecule has 0 heterocycles. The van der Waals surface area contributed by atoms with Gasteiger partial charge in [-0.2, -0.15) is 0 Å². The number of benzene rings is 1. The Bertz CT molecular complexity index is 800. The number of carboxylic acid groups (broad SMARTS) is 4. The van der Waals surface area contributed by atoms with E-state index in [-0.39, 0.29) is 18.8 Å². The standard InChI is InChI=1S/C19H24ClN3O9/c20-6-15(24)21-13-3-1-12(2-4-13)5-14(23(10-18(29)30)11-19(31)32)7-22(8-16(25)26)9-17(27)28/h1-4,14H,5-11H2,(H,21,24)(H,25,26)(H,27,28)(H,29,30)(H,31,32)/p-3. The van der Waals surface area contributed by atoms with Crippen molar-refractivity contribution in [1.82, 2.24) is 9.80 Å². The number of anilines is 1. The molecule has 0 saturated heterocycles. The molecular weight excluding hydrogens is 450 g/mol. The van der Waals surface area contributed by atoms with Gasteiger partial charge in [0.15, 0.2) is 0 Å². The van der Waals surface area contributed by atoms with Crippen LogP contribution in [0, 0.1) is 0 Å². The van der Waals surface area contributed by atoms with Crippen molar-refractivity contribution in [2.24, 2.45) is 0 Å². The van der Waals surface area contributed by atoms with Gasteiger partial charge in [0, 0.05) is 37.9 Å². The van der Waals surface area contributed by atoms with Crippen LogP contribution in [-0.4, -0.2) is 89.3 Å². The Labute approximate surface area is 188 Å². The van der Waals surface area contributed by atoms with Crippen molar-refractivity contribution in [3.63, 3.8) is 0 Å². The van der Waals surface area contributed by atoms with E-state index >= 15 is 0 Å². The Balaban J connectivity index is 3.16. The first-order valence-corrected chi connectivity index (χ1v) is 9.76. The molecule has 1 rings (SSSR count). The van der Waals surface area contributed by atoms with Gasteiger partial charge >= 0.3 is 5.97 Å². The van der Waals surface area contributed by atoms with Crippen molar-refractivity contribution < 1.29 is 44.4 Å². The van der Waals surface area contributed by atoms with Crippen molar-refractivity contribution in [1.29, 1.82) is 0 Å². The van der Waals surface area contributed by atoms with E-state index in [1.807, 2.05) is 0 Å². The third-order valence-electron chi connectivity index (χ3n) is 4.19. The normalized spacial score (nSPS) is 11.8. The largest absolute Gasteiger partial charge is 0.549 e. The maximum Gasteiger partial charge on any atom is 0.317 e. The first-order chi connectivity index (χ1) is 15.0. The van der Waals surface area contributed by atoms with Crippen LogP contribution in [0.4, 0.5) is 5.69 Å². The smallest absolute Gasteiger partial charge is 0.317 e. The third kappa shape index (κ3) is 10.7. The number of hydrogen-bond donors (Lipinski definition) is 2. The lowest BCUT2D eigenvalue weighted by Crippen LogP contribution is -2.54. The van der Waals surface area contributed by atoms with Crippen molar-refractivity contribution in [2.75, 3.05) is 43.9 Å². The summed E-state index contributed by atoms with van der Waals surface area (Å²) < 4.78 is 0. The zero-order chi connectivity index (χ0) is 24.3. The number of hydrogen-bond acceptors (Lipinski definition) is 10. The van der Waals surface area contributed by atoms with Crippen LogP contribution < -0.4 is 20.6 Å². The second-order valence-corrected chi connectivity index (χ2v) is 7.09. The van der Waals surface area contributed by atoms with E-state index in [0.29, 0.717) is 11.3 Å². The lowest BCUT2D eigenvalue weighted by Gasteiger charge is -2.36. The summed E-state index contributed by atoms with van der Waals surface area (Å²) in [6.45, 7) is -3.38. The molecule has 13 heteroatoms. The minimum atomic E-state index is -1.58. The van der Waals surface area contributed by atoms with Crippen LogP contribution in [0.15, 0.2) is 24.3 Å². The number of rotatable bonds is 15. The third-order valence-corrected chi connectivity index (χ3v) is 4.43. The fraction of sp³-hybridized carbons (Fsp3) is 0.421. The van der Waals surface area contributed by atoms with E-state index in [4.69, 9.17) is 16.7 Å². The highest BCUT2D eigenvalue weighted by Gasteiger charge is 2.24. The summed E-state index contributed by atoms with van der Waals surface area (Å²) in [7, 11) is 0. The average Bonchev–Trinajstić information content (AvgIpc) is 2.66. The van der Waals surface area contributed by atoms with E-state index in [1.54, 1.807) is 12.1 Å². The molecule has 0 radical (unpaired) electrons. The molecule has 0 aliphatic heterocycles. The molecule has 0 bridgehead atoms. The predicted octanol–water partition coefficient (Wildman–Crippen LogP) is -4.29. The zero-order valence-corrected chi connectivity index (χ0v) is 17.6. The second kappa shape index (κ2) is 13.2. The lowest BCUT2D eigenvalue weighted by molar-refractivity contribution is -0.312. The summed E-state index contributed by atoms with van der Waals surface area (Å²) in [6.07, 6.45) is 0.0213. The number of aliphatic carboxylic acids is 4. The summed E-state index contributed by atoms with van der Waals surface area (Å²) in [6, 6.07) is 5.29.